The molecular weight excluding hydrogens is 194 g/mol. The molecule has 15 heavy (non-hydrogen) atoms. The minimum absolute atomic E-state index is 0.313. The topological polar surface area (TPSA) is 83.2 Å². The van der Waals surface area contributed by atoms with Gasteiger partial charge in [0, 0.05) is 12.0 Å². The van der Waals surface area contributed by atoms with E-state index in [0.29, 0.717) is 5.69 Å². The molecular formula is C9H8N5O. The number of amides is 1. The van der Waals surface area contributed by atoms with Gasteiger partial charge < -0.3 is 4.90 Å². The zero-order valence-electron chi connectivity index (χ0n) is 8.03. The fourth-order valence-electron chi connectivity index (χ4n) is 1.46. The van der Waals surface area contributed by atoms with Gasteiger partial charge in [-0.2, -0.15) is 0 Å². The van der Waals surface area contributed by atoms with Crippen LogP contribution in [0.2, 0.25) is 0 Å². The molecule has 0 aromatic heterocycles. The van der Waals surface area contributed by atoms with Crippen molar-refractivity contribution >= 4 is 17.3 Å². The Bertz CT molecular complexity index is 452. The molecule has 0 fully saturated rings. The number of carbonyl (C=O) groups is 1. The highest BCUT2D eigenvalue weighted by Crippen LogP contribution is 2.30. The van der Waals surface area contributed by atoms with Crippen LogP contribution in [-0.4, -0.2) is 19.1 Å². The Morgan fingerprint density at radius 2 is 2.27 bits per heavy atom. The van der Waals surface area contributed by atoms with Crippen LogP contribution in [0, 0.1) is 0 Å². The Morgan fingerprint density at radius 3 is 3.00 bits per heavy atom. The lowest BCUT2D eigenvalue weighted by Gasteiger charge is -2.28. The summed E-state index contributed by atoms with van der Waals surface area (Å²) in [6.45, 7) is 0. The van der Waals surface area contributed by atoms with Crippen molar-refractivity contribution in [1.29, 1.82) is 0 Å². The van der Waals surface area contributed by atoms with Gasteiger partial charge in [0.25, 0.3) is 5.91 Å². The van der Waals surface area contributed by atoms with Crippen LogP contribution in [0.3, 0.4) is 0 Å². The molecule has 2 rings (SSSR count). The molecule has 0 bridgehead atoms. The molecule has 6 nitrogen and oxygen atoms in total. The summed E-state index contributed by atoms with van der Waals surface area (Å²) in [6.07, 6.45) is -0.977. The van der Waals surface area contributed by atoms with E-state index >= 15 is 0 Å². The smallest absolute Gasteiger partial charge is 0.257 e. The first-order valence-electron chi connectivity index (χ1n) is 4.35. The first kappa shape index (κ1) is 9.36. The van der Waals surface area contributed by atoms with Crippen molar-refractivity contribution in [3.63, 3.8) is 0 Å². The minimum atomic E-state index is -0.977. The lowest BCUT2D eigenvalue weighted by molar-refractivity contribution is -0.120. The van der Waals surface area contributed by atoms with Crippen LogP contribution in [0.15, 0.2) is 29.4 Å². The van der Waals surface area contributed by atoms with E-state index in [-0.39, 0.29) is 5.91 Å². The summed E-state index contributed by atoms with van der Waals surface area (Å²) in [5.41, 5.74) is 9.69. The van der Waals surface area contributed by atoms with Gasteiger partial charge >= 0.3 is 0 Å². The maximum atomic E-state index is 11.6. The first-order chi connectivity index (χ1) is 7.24. The molecule has 1 heterocycles. The standard InChI is InChI=1S/C9H8N5O/c1-14-7-5-3-2-4-6(7)11-8(9(14)15)12-13-10/h2-5,8H,1H3/t8-/m0/s1. The molecule has 1 aliphatic rings. The number of likely N-dealkylation sites (N-methyl/N-ethyl adjacent to an activating group) is 1. The van der Waals surface area contributed by atoms with E-state index in [2.05, 4.69) is 15.3 Å². The predicted molar refractivity (Wildman–Crippen MR) is 54.6 cm³/mol. The van der Waals surface area contributed by atoms with Gasteiger partial charge in [0.1, 0.15) is 0 Å². The van der Waals surface area contributed by atoms with Crippen LogP contribution in [0.5, 0.6) is 0 Å². The summed E-state index contributed by atoms with van der Waals surface area (Å²) < 4.78 is 0. The summed E-state index contributed by atoms with van der Waals surface area (Å²) in [5.74, 6) is -0.313. The van der Waals surface area contributed by atoms with Gasteiger partial charge in [0.15, 0.2) is 0 Å². The van der Waals surface area contributed by atoms with Gasteiger partial charge in [0.2, 0.25) is 6.17 Å². The Morgan fingerprint density at radius 1 is 1.53 bits per heavy atom. The summed E-state index contributed by atoms with van der Waals surface area (Å²) in [5, 5.41) is 7.39. The number of rotatable bonds is 1. The van der Waals surface area contributed by atoms with Gasteiger partial charge in [-0.25, -0.2) is 0 Å². The fraction of sp³-hybridized carbons (Fsp3) is 0.222. The zero-order valence-corrected chi connectivity index (χ0v) is 8.03. The Labute approximate surface area is 86.1 Å². The average molecular weight is 202 g/mol. The summed E-state index contributed by atoms with van der Waals surface area (Å²) in [7, 11) is 1.63. The number of fused-ring (bicyclic) bond motifs is 1. The molecule has 1 aromatic rings. The maximum absolute atomic E-state index is 11.6. The number of hydrogen-bond donors (Lipinski definition) is 0. The molecule has 1 aromatic carbocycles. The fourth-order valence-corrected chi connectivity index (χ4v) is 1.46. The maximum Gasteiger partial charge on any atom is 0.257 e. The lowest BCUT2D eigenvalue weighted by Crippen LogP contribution is -2.43. The number of azide groups is 1. The zero-order chi connectivity index (χ0) is 10.8. The van der Waals surface area contributed by atoms with E-state index in [9.17, 15) is 4.79 Å². The molecule has 1 amide bonds. The largest absolute Gasteiger partial charge is 0.311 e. The minimum Gasteiger partial charge on any atom is -0.311 e. The number of hydrogen-bond acceptors (Lipinski definition) is 2. The highest BCUT2D eigenvalue weighted by atomic mass is 16.2. The van der Waals surface area contributed by atoms with Crippen molar-refractivity contribution in [3.05, 3.63) is 34.7 Å². The monoisotopic (exact) mass is 202 g/mol. The van der Waals surface area contributed by atoms with Crippen LogP contribution < -0.4 is 10.2 Å². The molecule has 1 atom stereocenters. The predicted octanol–water partition coefficient (Wildman–Crippen LogP) is 1.54. The highest BCUT2D eigenvalue weighted by Gasteiger charge is 2.30. The van der Waals surface area contributed by atoms with Crippen molar-refractivity contribution in [1.82, 2.24) is 5.32 Å². The van der Waals surface area contributed by atoms with E-state index in [0.717, 1.165) is 5.69 Å². The molecule has 0 N–H and O–H groups in total. The average Bonchev–Trinajstić information content (AvgIpc) is 2.26. The van der Waals surface area contributed by atoms with E-state index in [4.69, 9.17) is 5.53 Å². The Kier molecular flexibility index (Phi) is 2.19. The van der Waals surface area contributed by atoms with Crippen molar-refractivity contribution in [2.45, 2.75) is 6.17 Å². The molecule has 0 unspecified atom stereocenters. The molecule has 75 valence electrons. The molecule has 0 spiro atoms. The van der Waals surface area contributed by atoms with Crippen molar-refractivity contribution < 1.29 is 4.79 Å². The molecule has 1 radical (unpaired) electrons. The number of benzene rings is 1. The van der Waals surface area contributed by atoms with Gasteiger partial charge in [0.05, 0.1) is 11.4 Å². The quantitative estimate of drug-likeness (QED) is 0.386. The highest BCUT2D eigenvalue weighted by molar-refractivity contribution is 6.01. The third-order valence-corrected chi connectivity index (χ3v) is 2.22. The van der Waals surface area contributed by atoms with Crippen LogP contribution in [0.1, 0.15) is 0 Å². The van der Waals surface area contributed by atoms with E-state index < -0.39 is 6.17 Å². The summed E-state index contributed by atoms with van der Waals surface area (Å²) in [4.78, 5) is 15.7. The Hall–Kier alpha value is -2.20. The van der Waals surface area contributed by atoms with E-state index in [1.54, 1.807) is 19.2 Å². The van der Waals surface area contributed by atoms with Crippen molar-refractivity contribution in [2.24, 2.45) is 5.11 Å². The van der Waals surface area contributed by atoms with Crippen molar-refractivity contribution in [2.75, 3.05) is 11.9 Å². The second kappa shape index (κ2) is 3.51. The number of para-hydroxylation sites is 2. The molecule has 0 aliphatic carbocycles. The number of anilines is 1. The third-order valence-electron chi connectivity index (χ3n) is 2.22. The van der Waals surface area contributed by atoms with Crippen LogP contribution in [0.25, 0.3) is 10.4 Å². The summed E-state index contributed by atoms with van der Waals surface area (Å²) >= 11 is 0. The second-order valence-electron chi connectivity index (χ2n) is 3.09. The molecule has 1 aliphatic heterocycles. The van der Waals surface area contributed by atoms with E-state index in [1.165, 1.54) is 4.90 Å². The van der Waals surface area contributed by atoms with Gasteiger partial charge in [-0.3, -0.25) is 10.1 Å². The number of nitrogens with zero attached hydrogens (tertiary/aromatic N) is 5. The Balaban J connectivity index is 2.45. The van der Waals surface area contributed by atoms with E-state index in [1.807, 2.05) is 12.1 Å². The lowest BCUT2D eigenvalue weighted by atomic mass is 10.2. The second-order valence-corrected chi connectivity index (χ2v) is 3.09. The normalized spacial score (nSPS) is 18.9. The molecule has 6 heteroatoms. The van der Waals surface area contributed by atoms with Gasteiger partial charge in [-0.1, -0.05) is 17.2 Å². The van der Waals surface area contributed by atoms with Crippen LogP contribution in [-0.2, 0) is 4.79 Å². The van der Waals surface area contributed by atoms with Crippen LogP contribution >= 0.6 is 0 Å². The SMILES string of the molecule is CN1C(=O)[C@H](N=[N+]=[N-])[N]c2ccccc21. The van der Waals surface area contributed by atoms with Crippen molar-refractivity contribution in [3.8, 4) is 0 Å². The van der Waals surface area contributed by atoms with Gasteiger partial charge in [-0.05, 0) is 17.7 Å². The van der Waals surface area contributed by atoms with Crippen LogP contribution in [0.4, 0.5) is 11.4 Å². The number of carbonyl (C=O) groups excluding carboxylic acids is 1. The summed E-state index contributed by atoms with van der Waals surface area (Å²) in [6, 6.07) is 7.21. The molecule has 0 saturated heterocycles. The molecule has 0 saturated carbocycles. The third kappa shape index (κ3) is 1.47. The van der Waals surface area contributed by atoms with Gasteiger partial charge in [-0.15, -0.1) is 0 Å². The first-order valence-corrected chi connectivity index (χ1v) is 4.35.